The van der Waals surface area contributed by atoms with Gasteiger partial charge in [0, 0.05) is 6.92 Å². The molecule has 5 nitrogen and oxygen atoms in total. The molecular weight excluding hydrogens is 268 g/mol. The highest BCUT2D eigenvalue weighted by Crippen LogP contribution is 2.61. The van der Waals surface area contributed by atoms with E-state index in [0.29, 0.717) is 0 Å². The quantitative estimate of drug-likeness (QED) is 0.382. The number of epoxide rings is 2. The third kappa shape index (κ3) is 0.921. The van der Waals surface area contributed by atoms with Crippen molar-refractivity contribution in [2.24, 2.45) is 0 Å². The molecule has 7 atom stereocenters. The zero-order chi connectivity index (χ0) is 10.4. The van der Waals surface area contributed by atoms with Gasteiger partial charge in [-0.25, -0.2) is 0 Å². The number of halogens is 1. The van der Waals surface area contributed by atoms with E-state index in [1.807, 2.05) is 0 Å². The van der Waals surface area contributed by atoms with Crippen molar-refractivity contribution in [2.75, 3.05) is 0 Å². The minimum absolute atomic E-state index is 0.0573. The van der Waals surface area contributed by atoms with Gasteiger partial charge in [0.05, 0.1) is 4.83 Å². The summed E-state index contributed by atoms with van der Waals surface area (Å²) >= 11 is 3.54. The summed E-state index contributed by atoms with van der Waals surface area (Å²) in [6, 6.07) is 0. The minimum atomic E-state index is -0.962. The highest BCUT2D eigenvalue weighted by Gasteiger charge is 2.83. The average molecular weight is 277 g/mol. The van der Waals surface area contributed by atoms with Crippen LogP contribution in [0, 0.1) is 0 Å². The molecule has 0 saturated carbocycles. The van der Waals surface area contributed by atoms with Crippen LogP contribution in [0.4, 0.5) is 0 Å². The van der Waals surface area contributed by atoms with E-state index in [1.54, 1.807) is 0 Å². The van der Waals surface area contributed by atoms with Crippen LogP contribution in [0.5, 0.6) is 0 Å². The van der Waals surface area contributed by atoms with Crippen LogP contribution in [-0.2, 0) is 23.7 Å². The number of fused-ring (bicyclic) bond motifs is 7. The number of esters is 1. The van der Waals surface area contributed by atoms with Crippen LogP contribution < -0.4 is 0 Å². The number of rotatable bonds is 1. The fraction of sp³-hybridized carbons (Fsp3) is 0.889. The van der Waals surface area contributed by atoms with Gasteiger partial charge in [0.2, 0.25) is 0 Å². The zero-order valence-electron chi connectivity index (χ0n) is 7.88. The van der Waals surface area contributed by atoms with Crippen molar-refractivity contribution < 1.29 is 23.7 Å². The molecule has 4 heterocycles. The molecule has 82 valence electrons. The van der Waals surface area contributed by atoms with Crippen molar-refractivity contribution in [3.8, 4) is 0 Å². The smallest absolute Gasteiger partial charge is 0.305 e. The highest BCUT2D eigenvalue weighted by molar-refractivity contribution is 9.09. The molecule has 0 radical (unpaired) electrons. The second kappa shape index (κ2) is 2.40. The lowest BCUT2D eigenvalue weighted by molar-refractivity contribution is -0.261. The number of hydrogen-bond acceptors (Lipinski definition) is 5. The fourth-order valence-electron chi connectivity index (χ4n) is 2.76. The topological polar surface area (TPSA) is 60.6 Å². The maximum atomic E-state index is 11.1. The van der Waals surface area contributed by atoms with Crippen LogP contribution in [0.3, 0.4) is 0 Å². The van der Waals surface area contributed by atoms with Crippen molar-refractivity contribution in [3.05, 3.63) is 0 Å². The summed E-state index contributed by atoms with van der Waals surface area (Å²) in [5.74, 6) is -1.32. The molecule has 0 N–H and O–H groups in total. The van der Waals surface area contributed by atoms with Crippen LogP contribution in [0.15, 0.2) is 0 Å². The molecule has 4 saturated heterocycles. The molecule has 4 rings (SSSR count). The summed E-state index contributed by atoms with van der Waals surface area (Å²) in [5.41, 5.74) is 0. The highest BCUT2D eigenvalue weighted by atomic mass is 79.9. The Morgan fingerprint density at radius 1 is 1.27 bits per heavy atom. The van der Waals surface area contributed by atoms with Crippen LogP contribution in [0.25, 0.3) is 0 Å². The van der Waals surface area contributed by atoms with E-state index in [9.17, 15) is 4.79 Å². The van der Waals surface area contributed by atoms with Gasteiger partial charge in [0.15, 0.2) is 12.2 Å². The first-order chi connectivity index (χ1) is 7.13. The Kier molecular flexibility index (Phi) is 1.42. The molecule has 6 heteroatoms. The second-order valence-corrected chi connectivity index (χ2v) is 5.44. The second-order valence-electron chi connectivity index (χ2n) is 4.38. The van der Waals surface area contributed by atoms with E-state index < -0.39 is 5.79 Å². The summed E-state index contributed by atoms with van der Waals surface area (Å²) in [7, 11) is 0. The Balaban J connectivity index is 1.72. The van der Waals surface area contributed by atoms with Gasteiger partial charge in [-0.3, -0.25) is 4.79 Å². The molecule has 4 aliphatic rings. The Morgan fingerprint density at radius 3 is 2.67 bits per heavy atom. The molecule has 0 aliphatic carbocycles. The van der Waals surface area contributed by atoms with Gasteiger partial charge < -0.3 is 18.9 Å². The third-order valence-electron chi connectivity index (χ3n) is 3.42. The Hall–Kier alpha value is -0.170. The largest absolute Gasteiger partial charge is 0.427 e. The number of carbonyl (C=O) groups excluding carboxylic acids is 1. The SMILES string of the molecule is CC(=O)O[C@]12O[C@H]([C@H](Br)[C@H]3O[C@H]31)[C@@H]1O[C@@H]12. The number of hydrogen-bond donors (Lipinski definition) is 0. The molecule has 2 bridgehead atoms. The van der Waals surface area contributed by atoms with Crippen LogP contribution >= 0.6 is 15.9 Å². The molecule has 0 spiro atoms. The molecule has 4 aliphatic heterocycles. The van der Waals surface area contributed by atoms with Crippen molar-refractivity contribution in [2.45, 2.75) is 48.1 Å². The summed E-state index contributed by atoms with van der Waals surface area (Å²) < 4.78 is 22.1. The summed E-state index contributed by atoms with van der Waals surface area (Å²) in [4.78, 5) is 11.2. The maximum absolute atomic E-state index is 11.1. The zero-order valence-corrected chi connectivity index (χ0v) is 9.47. The fourth-order valence-corrected chi connectivity index (χ4v) is 3.57. The summed E-state index contributed by atoms with van der Waals surface area (Å²) in [6.45, 7) is 1.38. The molecule has 0 aromatic rings. The predicted molar refractivity (Wildman–Crippen MR) is 49.4 cm³/mol. The standard InChI is InChI=1S/C9H9BrO5/c1-2(11)14-9-7-5(12-7)3(10)4(15-9)6-8(9)13-6/h3-8H,1H3/t3-,4+,5+,6-,7+,8-,9-/m0/s1. The van der Waals surface area contributed by atoms with Gasteiger partial charge >= 0.3 is 5.97 Å². The molecule has 4 fully saturated rings. The van der Waals surface area contributed by atoms with Crippen LogP contribution in [-0.4, -0.2) is 47.1 Å². The molecule has 0 aromatic carbocycles. The maximum Gasteiger partial charge on any atom is 0.305 e. The van der Waals surface area contributed by atoms with E-state index in [-0.39, 0.29) is 41.3 Å². The lowest BCUT2D eigenvalue weighted by atomic mass is 10.1. The van der Waals surface area contributed by atoms with Crippen molar-refractivity contribution in [3.63, 3.8) is 0 Å². The normalized spacial score (nSPS) is 63.1. The van der Waals surface area contributed by atoms with Crippen LogP contribution in [0.2, 0.25) is 0 Å². The first kappa shape index (κ1) is 8.92. The van der Waals surface area contributed by atoms with Crippen molar-refractivity contribution in [1.29, 1.82) is 0 Å². The van der Waals surface area contributed by atoms with Crippen molar-refractivity contribution >= 4 is 21.9 Å². The van der Waals surface area contributed by atoms with Gasteiger partial charge in [-0.2, -0.15) is 0 Å². The van der Waals surface area contributed by atoms with E-state index in [4.69, 9.17) is 18.9 Å². The van der Waals surface area contributed by atoms with E-state index in [1.165, 1.54) is 6.92 Å². The Labute approximate surface area is 94.1 Å². The summed E-state index contributed by atoms with van der Waals surface area (Å²) in [5, 5.41) is 0. The Bertz CT molecular complexity index is 360. The van der Waals surface area contributed by atoms with Crippen LogP contribution in [0.1, 0.15) is 6.92 Å². The number of alkyl halides is 1. The minimum Gasteiger partial charge on any atom is -0.427 e. The average Bonchev–Trinajstić information content (AvgIpc) is 3.00. The van der Waals surface area contributed by atoms with E-state index in [2.05, 4.69) is 15.9 Å². The molecule has 0 amide bonds. The molecule has 0 aromatic heterocycles. The lowest BCUT2D eigenvalue weighted by Crippen LogP contribution is -2.52. The van der Waals surface area contributed by atoms with Gasteiger partial charge in [0.25, 0.3) is 5.79 Å². The van der Waals surface area contributed by atoms with Gasteiger partial charge in [-0.05, 0) is 0 Å². The number of carbonyl (C=O) groups is 1. The third-order valence-corrected chi connectivity index (χ3v) is 4.46. The van der Waals surface area contributed by atoms with Gasteiger partial charge in [0.1, 0.15) is 18.3 Å². The van der Waals surface area contributed by atoms with Gasteiger partial charge in [-0.15, -0.1) is 0 Å². The predicted octanol–water partition coefficient (Wildman–Crippen LogP) is -0.0435. The van der Waals surface area contributed by atoms with E-state index >= 15 is 0 Å². The number of ether oxygens (including phenoxy) is 4. The van der Waals surface area contributed by atoms with Crippen molar-refractivity contribution in [1.82, 2.24) is 0 Å². The molecule has 0 unspecified atom stereocenters. The summed E-state index contributed by atoms with van der Waals surface area (Å²) in [6.07, 6.45) is -0.203. The first-order valence-electron chi connectivity index (χ1n) is 4.96. The van der Waals surface area contributed by atoms with Gasteiger partial charge in [-0.1, -0.05) is 15.9 Å². The monoisotopic (exact) mass is 276 g/mol. The Morgan fingerprint density at radius 2 is 1.93 bits per heavy atom. The molecular formula is C9H9BrO5. The molecule has 15 heavy (non-hydrogen) atoms. The van der Waals surface area contributed by atoms with E-state index in [0.717, 1.165) is 0 Å². The first-order valence-corrected chi connectivity index (χ1v) is 5.87. The lowest BCUT2D eigenvalue weighted by Gasteiger charge is -2.33.